The SMILES string of the molecule is Cc1cc(F)cc(C(C)OC2OCCN(Cc3n[nH]c(=O)[nH]3)C2c2ccccc2)c1. The number of aryl methyl sites for hydroxylation is 1. The Morgan fingerprint density at radius 1 is 1.30 bits per heavy atom. The van der Waals surface area contributed by atoms with E-state index >= 15 is 0 Å². The van der Waals surface area contributed by atoms with Gasteiger partial charge in [-0.2, -0.15) is 5.10 Å². The summed E-state index contributed by atoms with van der Waals surface area (Å²) >= 11 is 0. The van der Waals surface area contributed by atoms with Gasteiger partial charge in [0.2, 0.25) is 0 Å². The van der Waals surface area contributed by atoms with Gasteiger partial charge in [0.25, 0.3) is 0 Å². The number of H-pyrrole nitrogens is 2. The van der Waals surface area contributed by atoms with Gasteiger partial charge in [0.05, 0.1) is 25.3 Å². The average Bonchev–Trinajstić information content (AvgIpc) is 3.13. The second kappa shape index (κ2) is 8.91. The molecule has 1 saturated heterocycles. The molecule has 7 nitrogen and oxygen atoms in total. The Labute approximate surface area is 173 Å². The Kier molecular flexibility index (Phi) is 6.08. The minimum atomic E-state index is -0.564. The summed E-state index contributed by atoms with van der Waals surface area (Å²) < 4.78 is 26.2. The number of hydrogen-bond donors (Lipinski definition) is 2. The van der Waals surface area contributed by atoms with E-state index in [1.165, 1.54) is 12.1 Å². The predicted molar refractivity (Wildman–Crippen MR) is 109 cm³/mol. The van der Waals surface area contributed by atoms with E-state index in [2.05, 4.69) is 20.1 Å². The van der Waals surface area contributed by atoms with Crippen LogP contribution in [0.1, 0.15) is 41.6 Å². The number of nitrogens with one attached hydrogen (secondary N) is 2. The van der Waals surface area contributed by atoms with Crippen LogP contribution in [0.4, 0.5) is 4.39 Å². The molecule has 2 N–H and O–H groups in total. The van der Waals surface area contributed by atoms with E-state index in [1.54, 1.807) is 0 Å². The van der Waals surface area contributed by atoms with E-state index in [0.29, 0.717) is 25.5 Å². The Morgan fingerprint density at radius 3 is 2.80 bits per heavy atom. The molecular formula is C22H25FN4O3. The minimum Gasteiger partial charge on any atom is -0.349 e. The van der Waals surface area contributed by atoms with Crippen LogP contribution in [-0.4, -0.2) is 39.5 Å². The van der Waals surface area contributed by atoms with Crippen LogP contribution in [0.3, 0.4) is 0 Å². The molecule has 2 aromatic carbocycles. The first-order valence-electron chi connectivity index (χ1n) is 9.96. The summed E-state index contributed by atoms with van der Waals surface area (Å²) in [6, 6.07) is 14.6. The number of hydrogen-bond acceptors (Lipinski definition) is 5. The zero-order valence-corrected chi connectivity index (χ0v) is 17.0. The van der Waals surface area contributed by atoms with Crippen molar-refractivity contribution in [1.29, 1.82) is 0 Å². The van der Waals surface area contributed by atoms with Gasteiger partial charge < -0.3 is 9.47 Å². The van der Waals surface area contributed by atoms with Crippen LogP contribution >= 0.6 is 0 Å². The topological polar surface area (TPSA) is 83.2 Å². The largest absolute Gasteiger partial charge is 0.349 e. The highest BCUT2D eigenvalue weighted by molar-refractivity contribution is 5.25. The first-order valence-corrected chi connectivity index (χ1v) is 9.96. The van der Waals surface area contributed by atoms with E-state index in [-0.39, 0.29) is 23.7 Å². The van der Waals surface area contributed by atoms with Gasteiger partial charge in [0.15, 0.2) is 6.29 Å². The number of ether oxygens (including phenoxy) is 2. The highest BCUT2D eigenvalue weighted by Gasteiger charge is 2.36. The van der Waals surface area contributed by atoms with Crippen molar-refractivity contribution in [2.75, 3.05) is 13.2 Å². The van der Waals surface area contributed by atoms with Gasteiger partial charge in [0.1, 0.15) is 11.6 Å². The van der Waals surface area contributed by atoms with E-state index in [9.17, 15) is 9.18 Å². The van der Waals surface area contributed by atoms with Crippen LogP contribution < -0.4 is 5.69 Å². The monoisotopic (exact) mass is 412 g/mol. The fourth-order valence-corrected chi connectivity index (χ4v) is 3.85. The molecule has 0 bridgehead atoms. The number of nitrogens with zero attached hydrogens (tertiary/aromatic N) is 2. The molecule has 0 aliphatic carbocycles. The third kappa shape index (κ3) is 4.67. The molecule has 3 aromatic rings. The van der Waals surface area contributed by atoms with Crippen molar-refractivity contribution < 1.29 is 13.9 Å². The molecule has 30 heavy (non-hydrogen) atoms. The van der Waals surface area contributed by atoms with Gasteiger partial charge in [-0.05, 0) is 42.7 Å². The molecule has 4 rings (SSSR count). The van der Waals surface area contributed by atoms with E-state index in [1.807, 2.05) is 50.2 Å². The summed E-state index contributed by atoms with van der Waals surface area (Å²) in [6.45, 7) is 5.31. The van der Waals surface area contributed by atoms with Crippen molar-refractivity contribution in [2.45, 2.75) is 38.8 Å². The molecule has 1 fully saturated rings. The zero-order chi connectivity index (χ0) is 21.1. The third-order valence-electron chi connectivity index (χ3n) is 5.23. The fourth-order valence-electron chi connectivity index (χ4n) is 3.85. The molecule has 3 unspecified atom stereocenters. The molecule has 0 saturated carbocycles. The number of morpholine rings is 1. The van der Waals surface area contributed by atoms with Crippen LogP contribution in [0.15, 0.2) is 53.3 Å². The number of aromatic amines is 2. The summed E-state index contributed by atoms with van der Waals surface area (Å²) in [5.74, 6) is 0.268. The minimum absolute atomic E-state index is 0.211. The number of halogens is 1. The van der Waals surface area contributed by atoms with Crippen LogP contribution in [0, 0.1) is 12.7 Å². The quantitative estimate of drug-likeness (QED) is 0.650. The van der Waals surface area contributed by atoms with Crippen LogP contribution in [0.2, 0.25) is 0 Å². The lowest BCUT2D eigenvalue weighted by molar-refractivity contribution is -0.231. The van der Waals surface area contributed by atoms with Crippen LogP contribution in [0.5, 0.6) is 0 Å². The van der Waals surface area contributed by atoms with Gasteiger partial charge in [0, 0.05) is 6.54 Å². The second-order valence-electron chi connectivity index (χ2n) is 7.53. The maximum Gasteiger partial charge on any atom is 0.340 e. The molecule has 8 heteroatoms. The highest BCUT2D eigenvalue weighted by atomic mass is 19.1. The highest BCUT2D eigenvalue weighted by Crippen LogP contribution is 2.34. The summed E-state index contributed by atoms with van der Waals surface area (Å²) in [5, 5.41) is 6.44. The van der Waals surface area contributed by atoms with Gasteiger partial charge in [-0.3, -0.25) is 9.88 Å². The van der Waals surface area contributed by atoms with Gasteiger partial charge >= 0.3 is 5.69 Å². The smallest absolute Gasteiger partial charge is 0.340 e. The van der Waals surface area contributed by atoms with Crippen molar-refractivity contribution in [3.05, 3.63) is 87.3 Å². The normalized spacial score (nSPS) is 20.9. The number of benzene rings is 2. The van der Waals surface area contributed by atoms with Crippen molar-refractivity contribution in [2.24, 2.45) is 0 Å². The Bertz CT molecular complexity index is 1020. The molecule has 1 aliphatic rings. The Morgan fingerprint density at radius 2 is 2.10 bits per heavy atom. The van der Waals surface area contributed by atoms with Crippen molar-refractivity contribution in [3.63, 3.8) is 0 Å². The molecule has 2 heterocycles. The summed E-state index contributed by atoms with van der Waals surface area (Å²) in [7, 11) is 0. The van der Waals surface area contributed by atoms with Crippen LogP contribution in [0.25, 0.3) is 0 Å². The molecule has 0 amide bonds. The van der Waals surface area contributed by atoms with E-state index in [0.717, 1.165) is 16.7 Å². The van der Waals surface area contributed by atoms with Crippen molar-refractivity contribution in [1.82, 2.24) is 20.1 Å². The molecule has 0 spiro atoms. The number of aromatic nitrogens is 3. The summed E-state index contributed by atoms with van der Waals surface area (Å²) in [6.07, 6.45) is -0.925. The molecule has 0 radical (unpaired) electrons. The van der Waals surface area contributed by atoms with E-state index in [4.69, 9.17) is 9.47 Å². The predicted octanol–water partition coefficient (Wildman–Crippen LogP) is 3.22. The maximum absolute atomic E-state index is 13.9. The van der Waals surface area contributed by atoms with Gasteiger partial charge in [-0.15, -0.1) is 0 Å². The first kappa shape index (κ1) is 20.5. The molecule has 1 aromatic heterocycles. The molecular weight excluding hydrogens is 387 g/mol. The molecule has 3 atom stereocenters. The lowest BCUT2D eigenvalue weighted by Crippen LogP contribution is -2.46. The molecule has 158 valence electrons. The summed E-state index contributed by atoms with van der Waals surface area (Å²) in [4.78, 5) is 16.3. The molecule has 1 aliphatic heterocycles. The standard InChI is InChI=1S/C22H25FN4O3/c1-14-10-17(12-18(23)11-14)15(2)30-21-20(16-6-4-3-5-7-16)27(8-9-29-21)13-19-24-22(28)26-25-19/h3-7,10-12,15,20-21H,8-9,13H2,1-2H3,(H2,24,25,26,28). The van der Waals surface area contributed by atoms with Gasteiger partial charge in [-0.25, -0.2) is 14.3 Å². The van der Waals surface area contributed by atoms with Gasteiger partial charge in [-0.1, -0.05) is 36.4 Å². The zero-order valence-electron chi connectivity index (χ0n) is 17.0. The fraction of sp³-hybridized carbons (Fsp3) is 0.364. The first-order chi connectivity index (χ1) is 14.5. The third-order valence-corrected chi connectivity index (χ3v) is 5.23. The van der Waals surface area contributed by atoms with Crippen molar-refractivity contribution >= 4 is 0 Å². The van der Waals surface area contributed by atoms with E-state index < -0.39 is 6.29 Å². The number of rotatable bonds is 6. The Balaban J connectivity index is 1.60. The lowest BCUT2D eigenvalue weighted by Gasteiger charge is -2.41. The maximum atomic E-state index is 13.9. The second-order valence-corrected chi connectivity index (χ2v) is 7.53. The lowest BCUT2D eigenvalue weighted by atomic mass is 10.0. The summed E-state index contributed by atoms with van der Waals surface area (Å²) in [5.41, 5.74) is 2.30. The van der Waals surface area contributed by atoms with Crippen molar-refractivity contribution in [3.8, 4) is 0 Å². The Hall–Kier alpha value is -2.81. The van der Waals surface area contributed by atoms with Crippen LogP contribution in [-0.2, 0) is 16.0 Å². The average molecular weight is 412 g/mol.